The van der Waals surface area contributed by atoms with Crippen LogP contribution in [0.5, 0.6) is 0 Å². The number of aromatic nitrogens is 1. The van der Waals surface area contributed by atoms with Crippen LogP contribution in [0.3, 0.4) is 0 Å². The maximum Gasteiger partial charge on any atom is 0.252 e. The number of nitrogens with zero attached hydrogens (tertiary/aromatic N) is 1. The molecule has 0 radical (unpaired) electrons. The van der Waals surface area contributed by atoms with Crippen molar-refractivity contribution in [2.24, 2.45) is 0 Å². The first-order chi connectivity index (χ1) is 13.1. The van der Waals surface area contributed by atoms with Crippen molar-refractivity contribution in [1.82, 2.24) is 10.3 Å². The van der Waals surface area contributed by atoms with Crippen molar-refractivity contribution in [3.8, 4) is 11.1 Å². The molecule has 1 heterocycles. The number of amides is 1. The van der Waals surface area contributed by atoms with E-state index >= 15 is 0 Å². The number of hydrogen-bond donors (Lipinski definition) is 1. The minimum atomic E-state index is -0.282. The molecule has 3 rings (SSSR count). The third kappa shape index (κ3) is 4.49. The number of fused-ring (bicyclic) bond motifs is 1. The summed E-state index contributed by atoms with van der Waals surface area (Å²) in [5, 5.41) is 3.73. The van der Waals surface area contributed by atoms with Crippen molar-refractivity contribution < 1.29 is 13.9 Å². The molecule has 140 valence electrons. The third-order valence-electron chi connectivity index (χ3n) is 4.32. The van der Waals surface area contributed by atoms with Gasteiger partial charge in [0.2, 0.25) is 0 Å². The summed E-state index contributed by atoms with van der Waals surface area (Å²) >= 11 is 0. The van der Waals surface area contributed by atoms with Crippen LogP contribution in [-0.4, -0.2) is 30.6 Å². The second-order valence-electron chi connectivity index (χ2n) is 6.33. The topological polar surface area (TPSA) is 51.2 Å². The highest BCUT2D eigenvalue weighted by molar-refractivity contribution is 6.09. The molecular formula is C22H23FN2O2. The Hall–Kier alpha value is -2.79. The van der Waals surface area contributed by atoms with Gasteiger partial charge in [0.1, 0.15) is 5.82 Å². The van der Waals surface area contributed by atoms with Gasteiger partial charge in [-0.1, -0.05) is 30.3 Å². The molecule has 1 aromatic heterocycles. The van der Waals surface area contributed by atoms with Crippen molar-refractivity contribution in [2.45, 2.75) is 20.3 Å². The Balaban J connectivity index is 1.94. The molecule has 5 heteroatoms. The second-order valence-corrected chi connectivity index (χ2v) is 6.33. The largest absolute Gasteiger partial charge is 0.382 e. The van der Waals surface area contributed by atoms with Gasteiger partial charge in [0.25, 0.3) is 5.91 Å². The first-order valence-corrected chi connectivity index (χ1v) is 9.12. The summed E-state index contributed by atoms with van der Waals surface area (Å²) in [5.41, 5.74) is 3.84. The second kappa shape index (κ2) is 8.73. The Kier molecular flexibility index (Phi) is 6.14. The lowest BCUT2D eigenvalue weighted by Crippen LogP contribution is -2.25. The molecule has 3 aromatic rings. The lowest BCUT2D eigenvalue weighted by atomic mass is 9.98. The lowest BCUT2D eigenvalue weighted by Gasteiger charge is -2.12. The van der Waals surface area contributed by atoms with Crippen LogP contribution in [0, 0.1) is 12.7 Å². The monoisotopic (exact) mass is 366 g/mol. The first kappa shape index (κ1) is 19.0. The van der Waals surface area contributed by atoms with Crippen LogP contribution in [-0.2, 0) is 4.74 Å². The van der Waals surface area contributed by atoms with Crippen LogP contribution in [0.25, 0.3) is 22.0 Å². The first-order valence-electron chi connectivity index (χ1n) is 9.12. The number of carbonyl (C=O) groups excluding carboxylic acids is 1. The minimum Gasteiger partial charge on any atom is -0.382 e. The molecule has 0 bridgehead atoms. The maximum atomic E-state index is 13.3. The highest BCUT2D eigenvalue weighted by Gasteiger charge is 2.14. The average molecular weight is 366 g/mol. The fourth-order valence-corrected chi connectivity index (χ4v) is 3.04. The van der Waals surface area contributed by atoms with E-state index in [0.29, 0.717) is 25.3 Å². The molecule has 2 aromatic carbocycles. The van der Waals surface area contributed by atoms with E-state index in [1.807, 2.05) is 32.0 Å². The molecule has 27 heavy (non-hydrogen) atoms. The van der Waals surface area contributed by atoms with E-state index in [2.05, 4.69) is 10.3 Å². The predicted octanol–water partition coefficient (Wildman–Crippen LogP) is 4.51. The summed E-state index contributed by atoms with van der Waals surface area (Å²) in [6, 6.07) is 13.8. The van der Waals surface area contributed by atoms with Crippen molar-refractivity contribution in [3.63, 3.8) is 0 Å². The molecular weight excluding hydrogens is 343 g/mol. The van der Waals surface area contributed by atoms with Crippen LogP contribution in [0.4, 0.5) is 4.39 Å². The number of carbonyl (C=O) groups is 1. The van der Waals surface area contributed by atoms with Gasteiger partial charge in [0, 0.05) is 36.4 Å². The lowest BCUT2D eigenvalue weighted by molar-refractivity contribution is 0.0945. The summed E-state index contributed by atoms with van der Waals surface area (Å²) in [5.74, 6) is -0.409. The van der Waals surface area contributed by atoms with E-state index in [-0.39, 0.29) is 11.7 Å². The van der Waals surface area contributed by atoms with Gasteiger partial charge in [0.05, 0.1) is 11.1 Å². The number of ether oxygens (including phenoxy) is 1. The van der Waals surface area contributed by atoms with Crippen molar-refractivity contribution >= 4 is 16.8 Å². The number of pyridine rings is 1. The smallest absolute Gasteiger partial charge is 0.252 e. The molecule has 1 N–H and O–H groups in total. The Bertz CT molecular complexity index is 939. The molecule has 0 atom stereocenters. The SMILES string of the molecule is CCOCCCNC(=O)c1cc(C)nc2c(-c3ccc(F)cc3)cccc12. The standard InChI is InChI=1S/C22H23FN2O2/c1-3-27-13-5-12-24-22(26)20-14-15(2)25-21-18(6-4-7-19(20)21)16-8-10-17(23)11-9-16/h4,6-11,14H,3,5,12-13H2,1-2H3,(H,24,26). The van der Waals surface area contributed by atoms with Crippen molar-refractivity contribution in [2.75, 3.05) is 19.8 Å². The molecule has 4 nitrogen and oxygen atoms in total. The maximum absolute atomic E-state index is 13.3. The van der Waals surface area contributed by atoms with E-state index in [1.54, 1.807) is 18.2 Å². The molecule has 0 spiro atoms. The summed E-state index contributed by atoms with van der Waals surface area (Å²) in [7, 11) is 0. The van der Waals surface area contributed by atoms with E-state index < -0.39 is 0 Å². The van der Waals surface area contributed by atoms with Gasteiger partial charge in [-0.05, 0) is 44.0 Å². The number of hydrogen-bond acceptors (Lipinski definition) is 3. The van der Waals surface area contributed by atoms with Crippen LogP contribution >= 0.6 is 0 Å². The van der Waals surface area contributed by atoms with Crippen molar-refractivity contribution in [1.29, 1.82) is 0 Å². The van der Waals surface area contributed by atoms with Gasteiger partial charge >= 0.3 is 0 Å². The zero-order valence-electron chi connectivity index (χ0n) is 15.6. The van der Waals surface area contributed by atoms with Gasteiger partial charge in [-0.15, -0.1) is 0 Å². The van der Waals surface area contributed by atoms with Gasteiger partial charge in [-0.25, -0.2) is 4.39 Å². The summed E-state index contributed by atoms with van der Waals surface area (Å²) in [6.45, 7) is 5.67. The van der Waals surface area contributed by atoms with Crippen LogP contribution in [0.1, 0.15) is 29.4 Å². The molecule has 0 unspecified atom stereocenters. The Morgan fingerprint density at radius 2 is 1.96 bits per heavy atom. The van der Waals surface area contributed by atoms with Gasteiger partial charge in [0.15, 0.2) is 0 Å². The molecule has 0 aliphatic rings. The normalized spacial score (nSPS) is 10.9. The van der Waals surface area contributed by atoms with Crippen LogP contribution in [0.2, 0.25) is 0 Å². The number of aryl methyl sites for hydroxylation is 1. The fourth-order valence-electron chi connectivity index (χ4n) is 3.04. The quantitative estimate of drug-likeness (QED) is 0.626. The average Bonchev–Trinajstić information content (AvgIpc) is 2.67. The number of rotatable bonds is 7. The number of benzene rings is 2. The highest BCUT2D eigenvalue weighted by Crippen LogP contribution is 2.29. The molecule has 1 amide bonds. The zero-order chi connectivity index (χ0) is 19.2. The molecule has 0 saturated heterocycles. The zero-order valence-corrected chi connectivity index (χ0v) is 15.6. The van der Waals surface area contributed by atoms with Gasteiger partial charge in [-0.3, -0.25) is 9.78 Å². The predicted molar refractivity (Wildman–Crippen MR) is 105 cm³/mol. The van der Waals surface area contributed by atoms with E-state index in [9.17, 15) is 9.18 Å². The van der Waals surface area contributed by atoms with Crippen LogP contribution < -0.4 is 5.32 Å². The van der Waals surface area contributed by atoms with E-state index in [0.717, 1.165) is 34.1 Å². The molecule has 0 fully saturated rings. The summed E-state index contributed by atoms with van der Waals surface area (Å²) < 4.78 is 18.6. The van der Waals surface area contributed by atoms with E-state index in [1.165, 1.54) is 12.1 Å². The molecule has 0 aliphatic carbocycles. The minimum absolute atomic E-state index is 0.127. The Morgan fingerprint density at radius 3 is 2.70 bits per heavy atom. The van der Waals surface area contributed by atoms with Crippen LogP contribution in [0.15, 0.2) is 48.5 Å². The molecule has 0 saturated carbocycles. The van der Waals surface area contributed by atoms with Gasteiger partial charge in [-0.2, -0.15) is 0 Å². The molecule has 0 aliphatic heterocycles. The number of para-hydroxylation sites is 1. The van der Waals surface area contributed by atoms with Gasteiger partial charge < -0.3 is 10.1 Å². The van der Waals surface area contributed by atoms with E-state index in [4.69, 9.17) is 4.74 Å². The summed E-state index contributed by atoms with van der Waals surface area (Å²) in [6.07, 6.45) is 0.766. The Morgan fingerprint density at radius 1 is 1.19 bits per heavy atom. The number of nitrogens with one attached hydrogen (secondary N) is 1. The number of halogens is 1. The highest BCUT2D eigenvalue weighted by atomic mass is 19.1. The fraction of sp³-hybridized carbons (Fsp3) is 0.273. The Labute approximate surface area is 158 Å². The third-order valence-corrected chi connectivity index (χ3v) is 4.32. The summed E-state index contributed by atoms with van der Waals surface area (Å²) in [4.78, 5) is 17.4. The van der Waals surface area contributed by atoms with Crippen molar-refractivity contribution in [3.05, 3.63) is 65.6 Å².